The Balaban J connectivity index is 2.47. The molecular formula is C10H17N3O. The molecule has 0 unspecified atom stereocenters. The number of hydrogen-bond acceptors (Lipinski definition) is 4. The summed E-state index contributed by atoms with van der Waals surface area (Å²) in [5, 5.41) is 0. The van der Waals surface area contributed by atoms with Crippen LogP contribution in [0.3, 0.4) is 0 Å². The molecule has 4 heteroatoms. The number of aromatic nitrogens is 1. The van der Waals surface area contributed by atoms with E-state index in [1.807, 2.05) is 31.0 Å². The van der Waals surface area contributed by atoms with Crippen molar-refractivity contribution in [2.24, 2.45) is 0 Å². The first-order valence-corrected chi connectivity index (χ1v) is 4.75. The second-order valence-corrected chi connectivity index (χ2v) is 3.04. The average Bonchev–Trinajstić information content (AvgIpc) is 2.18. The summed E-state index contributed by atoms with van der Waals surface area (Å²) in [6, 6.07) is 5.61. The molecule has 14 heavy (non-hydrogen) atoms. The van der Waals surface area contributed by atoms with E-state index in [4.69, 9.17) is 10.5 Å². The molecule has 1 rings (SSSR count). The number of nitrogens with two attached hydrogens (primary N) is 1. The van der Waals surface area contributed by atoms with Gasteiger partial charge in [0.1, 0.15) is 11.6 Å². The highest BCUT2D eigenvalue weighted by Gasteiger charge is 2.01. The molecule has 0 aliphatic heterocycles. The summed E-state index contributed by atoms with van der Waals surface area (Å²) < 4.78 is 5.26. The molecule has 4 nitrogen and oxygen atoms in total. The lowest BCUT2D eigenvalue weighted by atomic mass is 10.4. The van der Waals surface area contributed by atoms with Gasteiger partial charge in [0.15, 0.2) is 0 Å². The molecule has 0 spiro atoms. The van der Waals surface area contributed by atoms with Gasteiger partial charge in [-0.3, -0.25) is 0 Å². The van der Waals surface area contributed by atoms with Gasteiger partial charge >= 0.3 is 0 Å². The van der Waals surface area contributed by atoms with Gasteiger partial charge < -0.3 is 15.4 Å². The first-order chi connectivity index (χ1) is 6.74. The van der Waals surface area contributed by atoms with E-state index in [-0.39, 0.29) is 0 Å². The number of hydrogen-bond donors (Lipinski definition) is 1. The maximum absolute atomic E-state index is 5.58. The van der Waals surface area contributed by atoms with Gasteiger partial charge in [-0.2, -0.15) is 0 Å². The molecular weight excluding hydrogens is 178 g/mol. The predicted molar refractivity (Wildman–Crippen MR) is 58.4 cm³/mol. The normalized spacial score (nSPS) is 10.1. The minimum Gasteiger partial charge on any atom is -0.384 e. The maximum atomic E-state index is 5.58. The smallest absolute Gasteiger partial charge is 0.130 e. The van der Waals surface area contributed by atoms with E-state index in [0.29, 0.717) is 12.4 Å². The molecule has 78 valence electrons. The van der Waals surface area contributed by atoms with Crippen molar-refractivity contribution in [1.82, 2.24) is 4.98 Å². The van der Waals surface area contributed by atoms with Crippen LogP contribution < -0.4 is 10.6 Å². The van der Waals surface area contributed by atoms with Crippen LogP contribution in [0.15, 0.2) is 18.2 Å². The Morgan fingerprint density at radius 2 is 2.29 bits per heavy atom. The zero-order valence-electron chi connectivity index (χ0n) is 8.73. The molecule has 0 saturated heterocycles. The van der Waals surface area contributed by atoms with Gasteiger partial charge in [-0.15, -0.1) is 0 Å². The van der Waals surface area contributed by atoms with Gasteiger partial charge in [0.05, 0.1) is 6.61 Å². The fraction of sp³-hybridized carbons (Fsp3) is 0.500. The van der Waals surface area contributed by atoms with Crippen molar-refractivity contribution in [2.45, 2.75) is 6.92 Å². The summed E-state index contributed by atoms with van der Waals surface area (Å²) in [4.78, 5) is 6.22. The van der Waals surface area contributed by atoms with E-state index in [0.717, 1.165) is 19.0 Å². The van der Waals surface area contributed by atoms with E-state index in [9.17, 15) is 0 Å². The standard InChI is InChI=1S/C10H17N3O/c1-3-14-8-7-13(2)10-6-4-5-9(11)12-10/h4-6H,3,7-8H2,1-2H3,(H2,11,12). The van der Waals surface area contributed by atoms with Crippen molar-refractivity contribution in [3.63, 3.8) is 0 Å². The van der Waals surface area contributed by atoms with Crippen molar-refractivity contribution < 1.29 is 4.74 Å². The molecule has 1 aromatic heterocycles. The van der Waals surface area contributed by atoms with Crippen LogP contribution in [0.4, 0.5) is 11.6 Å². The molecule has 0 aliphatic carbocycles. The molecule has 0 radical (unpaired) electrons. The first kappa shape index (κ1) is 10.8. The summed E-state index contributed by atoms with van der Waals surface area (Å²) in [5.41, 5.74) is 5.58. The van der Waals surface area contributed by atoms with Crippen molar-refractivity contribution in [2.75, 3.05) is 37.4 Å². The number of ether oxygens (including phenoxy) is 1. The highest BCUT2D eigenvalue weighted by molar-refractivity contribution is 5.43. The van der Waals surface area contributed by atoms with Crippen molar-refractivity contribution in [1.29, 1.82) is 0 Å². The monoisotopic (exact) mass is 195 g/mol. The third-order valence-corrected chi connectivity index (χ3v) is 1.92. The van der Waals surface area contributed by atoms with Gasteiger partial charge in [0.2, 0.25) is 0 Å². The summed E-state index contributed by atoms with van der Waals surface area (Å²) >= 11 is 0. The number of nitrogens with zero attached hydrogens (tertiary/aromatic N) is 2. The van der Waals surface area contributed by atoms with E-state index >= 15 is 0 Å². The molecule has 0 saturated carbocycles. The largest absolute Gasteiger partial charge is 0.384 e. The first-order valence-electron chi connectivity index (χ1n) is 4.75. The lowest BCUT2D eigenvalue weighted by Gasteiger charge is -2.17. The molecule has 2 N–H and O–H groups in total. The zero-order valence-corrected chi connectivity index (χ0v) is 8.73. The third-order valence-electron chi connectivity index (χ3n) is 1.92. The quantitative estimate of drug-likeness (QED) is 0.716. The van der Waals surface area contributed by atoms with Crippen LogP contribution in [0.25, 0.3) is 0 Å². The Morgan fingerprint density at radius 1 is 1.50 bits per heavy atom. The molecule has 0 aliphatic rings. The topological polar surface area (TPSA) is 51.4 Å². The summed E-state index contributed by atoms with van der Waals surface area (Å²) in [7, 11) is 1.97. The fourth-order valence-corrected chi connectivity index (χ4v) is 1.11. The van der Waals surface area contributed by atoms with Gasteiger partial charge in [-0.25, -0.2) is 4.98 Å². The molecule has 0 aromatic carbocycles. The third kappa shape index (κ3) is 3.22. The summed E-state index contributed by atoms with van der Waals surface area (Å²) in [5.74, 6) is 1.43. The maximum Gasteiger partial charge on any atom is 0.130 e. The minimum absolute atomic E-state index is 0.547. The Kier molecular flexibility index (Phi) is 4.19. The van der Waals surface area contributed by atoms with Crippen LogP contribution in [0, 0.1) is 0 Å². The Hall–Kier alpha value is -1.29. The van der Waals surface area contributed by atoms with Crippen LogP contribution in [-0.4, -0.2) is 31.8 Å². The second-order valence-electron chi connectivity index (χ2n) is 3.04. The zero-order chi connectivity index (χ0) is 10.4. The minimum atomic E-state index is 0.547. The Morgan fingerprint density at radius 3 is 2.93 bits per heavy atom. The van der Waals surface area contributed by atoms with E-state index in [1.165, 1.54) is 0 Å². The molecule has 0 fully saturated rings. The van der Waals surface area contributed by atoms with Gasteiger partial charge in [-0.1, -0.05) is 6.07 Å². The number of anilines is 2. The van der Waals surface area contributed by atoms with E-state index in [2.05, 4.69) is 4.98 Å². The average molecular weight is 195 g/mol. The van der Waals surface area contributed by atoms with Gasteiger partial charge in [0, 0.05) is 20.2 Å². The number of rotatable bonds is 5. The van der Waals surface area contributed by atoms with Gasteiger partial charge in [0.25, 0.3) is 0 Å². The SMILES string of the molecule is CCOCCN(C)c1cccc(N)n1. The van der Waals surface area contributed by atoms with Crippen molar-refractivity contribution in [3.05, 3.63) is 18.2 Å². The number of nitrogen functional groups attached to an aromatic ring is 1. The molecule has 0 bridgehead atoms. The van der Waals surface area contributed by atoms with Crippen molar-refractivity contribution in [3.8, 4) is 0 Å². The van der Waals surface area contributed by atoms with Crippen LogP contribution in [0.2, 0.25) is 0 Å². The molecule has 0 atom stereocenters. The second kappa shape index (κ2) is 5.44. The summed E-state index contributed by atoms with van der Waals surface area (Å²) in [6.45, 7) is 4.27. The van der Waals surface area contributed by atoms with Crippen LogP contribution in [0.5, 0.6) is 0 Å². The van der Waals surface area contributed by atoms with E-state index < -0.39 is 0 Å². The van der Waals surface area contributed by atoms with Crippen molar-refractivity contribution >= 4 is 11.6 Å². The lowest BCUT2D eigenvalue weighted by molar-refractivity contribution is 0.154. The Labute approximate surface area is 84.7 Å². The molecule has 1 heterocycles. The fourth-order valence-electron chi connectivity index (χ4n) is 1.11. The highest BCUT2D eigenvalue weighted by atomic mass is 16.5. The van der Waals surface area contributed by atoms with Gasteiger partial charge in [-0.05, 0) is 19.1 Å². The Bertz CT molecular complexity index is 278. The molecule has 1 aromatic rings. The van der Waals surface area contributed by atoms with E-state index in [1.54, 1.807) is 6.07 Å². The van der Waals surface area contributed by atoms with Crippen LogP contribution in [-0.2, 0) is 4.74 Å². The summed E-state index contributed by atoms with van der Waals surface area (Å²) in [6.07, 6.45) is 0. The van der Waals surface area contributed by atoms with Crippen LogP contribution in [0.1, 0.15) is 6.92 Å². The number of pyridine rings is 1. The molecule has 0 amide bonds. The van der Waals surface area contributed by atoms with Crippen LogP contribution >= 0.6 is 0 Å². The predicted octanol–water partition coefficient (Wildman–Crippen LogP) is 1.14. The highest BCUT2D eigenvalue weighted by Crippen LogP contribution is 2.09. The lowest BCUT2D eigenvalue weighted by Crippen LogP contribution is -2.23. The number of likely N-dealkylation sites (N-methyl/N-ethyl adjacent to an activating group) is 1.